The van der Waals surface area contributed by atoms with Gasteiger partial charge in [0, 0.05) is 12.1 Å². The molecule has 1 rings (SSSR count). The monoisotopic (exact) mass is 231 g/mol. The highest BCUT2D eigenvalue weighted by molar-refractivity contribution is 5.26. The van der Waals surface area contributed by atoms with E-state index in [0.717, 1.165) is 18.9 Å². The maximum absolute atomic E-state index is 12.7. The predicted octanol–water partition coefficient (Wildman–Crippen LogP) is 4.39. The lowest BCUT2D eigenvalue weighted by atomic mass is 9.93. The van der Waals surface area contributed by atoms with Crippen LogP contribution in [0.25, 0.3) is 0 Å². The summed E-state index contributed by atoms with van der Waals surface area (Å²) in [7, 11) is 0. The molecule has 1 aromatic heterocycles. The van der Waals surface area contributed by atoms with Crippen LogP contribution >= 0.6 is 0 Å². The van der Waals surface area contributed by atoms with Crippen molar-refractivity contribution in [3.63, 3.8) is 0 Å². The molecule has 0 aliphatic carbocycles. The first-order valence-electron chi connectivity index (χ1n) is 5.52. The smallest absolute Gasteiger partial charge is 0.260 e. The summed E-state index contributed by atoms with van der Waals surface area (Å²) in [6, 6.07) is 2.45. The Hall–Kier alpha value is -1.06. The fraction of sp³-hybridized carbons (Fsp3) is 0.583. The third-order valence-electron chi connectivity index (χ3n) is 2.66. The molecule has 4 heteroatoms. The number of nitrogens with zero attached hydrogens (tertiary/aromatic N) is 1. The molecule has 1 heterocycles. The average molecular weight is 231 g/mol. The van der Waals surface area contributed by atoms with Crippen LogP contribution in [0.1, 0.15) is 50.3 Å². The first-order valence-corrected chi connectivity index (χ1v) is 5.52. The fourth-order valence-electron chi connectivity index (χ4n) is 1.87. The first kappa shape index (κ1) is 13.0. The molecule has 0 saturated carbocycles. The Morgan fingerprint density at radius 1 is 1.31 bits per heavy atom. The second-order valence-electron chi connectivity index (χ2n) is 3.83. The van der Waals surface area contributed by atoms with Crippen LogP contribution in [0, 0.1) is 0 Å². The van der Waals surface area contributed by atoms with E-state index in [0.29, 0.717) is 6.42 Å². The van der Waals surface area contributed by atoms with Crippen molar-refractivity contribution in [2.75, 3.05) is 0 Å². The summed E-state index contributed by atoms with van der Waals surface area (Å²) >= 11 is 0. The van der Waals surface area contributed by atoms with Gasteiger partial charge in [0.15, 0.2) is 0 Å². The van der Waals surface area contributed by atoms with Gasteiger partial charge >= 0.3 is 6.18 Å². The highest BCUT2D eigenvalue weighted by Gasteiger charge is 2.35. The van der Waals surface area contributed by atoms with Crippen LogP contribution in [0.4, 0.5) is 13.2 Å². The molecule has 1 atom stereocenters. The summed E-state index contributed by atoms with van der Waals surface area (Å²) in [6.45, 7) is 3.87. The number of hydrogen-bond donors (Lipinski definition) is 0. The molecule has 0 saturated heterocycles. The highest BCUT2D eigenvalue weighted by atomic mass is 19.4. The van der Waals surface area contributed by atoms with Crippen LogP contribution in [0.5, 0.6) is 0 Å². The Morgan fingerprint density at radius 2 is 2.00 bits per heavy atom. The average Bonchev–Trinajstić information content (AvgIpc) is 2.25. The summed E-state index contributed by atoms with van der Waals surface area (Å²) in [5.41, 5.74) is -0.394. The van der Waals surface area contributed by atoms with Crippen LogP contribution in [0.2, 0.25) is 0 Å². The van der Waals surface area contributed by atoms with Gasteiger partial charge in [-0.1, -0.05) is 20.3 Å². The van der Waals surface area contributed by atoms with E-state index < -0.39 is 11.7 Å². The predicted molar refractivity (Wildman–Crippen MR) is 57.2 cm³/mol. The second-order valence-corrected chi connectivity index (χ2v) is 3.83. The number of hydrogen-bond acceptors (Lipinski definition) is 1. The van der Waals surface area contributed by atoms with Crippen molar-refractivity contribution in [1.82, 2.24) is 4.98 Å². The van der Waals surface area contributed by atoms with Gasteiger partial charge in [-0.2, -0.15) is 13.2 Å². The molecule has 0 aliphatic rings. The first-order chi connectivity index (χ1) is 7.50. The minimum Gasteiger partial charge on any atom is -0.260 e. The molecule has 0 amide bonds. The number of pyridine rings is 1. The molecule has 0 fully saturated rings. The van der Waals surface area contributed by atoms with Gasteiger partial charge in [0.1, 0.15) is 0 Å². The zero-order valence-electron chi connectivity index (χ0n) is 9.51. The van der Waals surface area contributed by atoms with E-state index >= 15 is 0 Å². The van der Waals surface area contributed by atoms with E-state index in [9.17, 15) is 13.2 Å². The largest absolute Gasteiger partial charge is 0.418 e. The SMILES string of the molecule is CCCC(CC)c1ncccc1C(F)(F)F. The summed E-state index contributed by atoms with van der Waals surface area (Å²) < 4.78 is 38.2. The normalized spacial score (nSPS) is 13.8. The number of alkyl halides is 3. The summed E-state index contributed by atoms with van der Waals surface area (Å²) in [5.74, 6) is -0.0946. The van der Waals surface area contributed by atoms with Gasteiger partial charge in [-0.05, 0) is 25.0 Å². The van der Waals surface area contributed by atoms with Crippen LogP contribution < -0.4 is 0 Å². The molecule has 0 aliphatic heterocycles. The topological polar surface area (TPSA) is 12.9 Å². The lowest BCUT2D eigenvalue weighted by Crippen LogP contribution is -2.13. The minimum atomic E-state index is -4.30. The van der Waals surface area contributed by atoms with Gasteiger partial charge in [0.2, 0.25) is 0 Å². The number of halogens is 3. The molecule has 1 unspecified atom stereocenters. The lowest BCUT2D eigenvalue weighted by molar-refractivity contribution is -0.138. The number of rotatable bonds is 4. The molecule has 0 aromatic carbocycles. The van der Waals surface area contributed by atoms with E-state index in [1.54, 1.807) is 0 Å². The standard InChI is InChI=1S/C12H16F3N/c1-3-6-9(4-2)11-10(12(13,14)15)7-5-8-16-11/h5,7-9H,3-4,6H2,1-2H3. The quantitative estimate of drug-likeness (QED) is 0.748. The molecular formula is C12H16F3N. The van der Waals surface area contributed by atoms with Gasteiger partial charge in [-0.25, -0.2) is 0 Å². The third-order valence-corrected chi connectivity index (χ3v) is 2.66. The molecule has 0 spiro atoms. The molecule has 0 radical (unpaired) electrons. The molecule has 1 nitrogen and oxygen atoms in total. The van der Waals surface area contributed by atoms with Crippen LogP contribution in [-0.4, -0.2) is 4.98 Å². The molecule has 1 aromatic rings. The van der Waals surface area contributed by atoms with Gasteiger partial charge in [0.05, 0.1) is 11.3 Å². The van der Waals surface area contributed by atoms with Gasteiger partial charge < -0.3 is 0 Å². The summed E-state index contributed by atoms with van der Waals surface area (Å²) in [5, 5.41) is 0. The Morgan fingerprint density at radius 3 is 2.50 bits per heavy atom. The Kier molecular flexibility index (Phi) is 4.33. The van der Waals surface area contributed by atoms with E-state index in [1.165, 1.54) is 12.3 Å². The van der Waals surface area contributed by atoms with E-state index in [-0.39, 0.29) is 11.6 Å². The zero-order chi connectivity index (χ0) is 12.2. The lowest BCUT2D eigenvalue weighted by Gasteiger charge is -2.18. The van der Waals surface area contributed by atoms with Crippen LogP contribution in [0.3, 0.4) is 0 Å². The fourth-order valence-corrected chi connectivity index (χ4v) is 1.87. The summed E-state index contributed by atoms with van der Waals surface area (Å²) in [4.78, 5) is 3.91. The molecule has 90 valence electrons. The highest BCUT2D eigenvalue weighted by Crippen LogP contribution is 2.36. The van der Waals surface area contributed by atoms with E-state index in [1.807, 2.05) is 13.8 Å². The third kappa shape index (κ3) is 2.97. The molecule has 0 bridgehead atoms. The molecule has 0 N–H and O–H groups in total. The maximum atomic E-state index is 12.7. The number of aromatic nitrogens is 1. The van der Waals surface area contributed by atoms with Crippen molar-refractivity contribution >= 4 is 0 Å². The second kappa shape index (κ2) is 5.32. The van der Waals surface area contributed by atoms with E-state index in [2.05, 4.69) is 4.98 Å². The zero-order valence-corrected chi connectivity index (χ0v) is 9.51. The molecule has 16 heavy (non-hydrogen) atoms. The Bertz CT molecular complexity index is 333. The summed E-state index contributed by atoms with van der Waals surface area (Å²) in [6.07, 6.45) is -0.565. The van der Waals surface area contributed by atoms with Crippen molar-refractivity contribution < 1.29 is 13.2 Å². The van der Waals surface area contributed by atoms with Crippen molar-refractivity contribution in [2.45, 2.75) is 45.2 Å². The minimum absolute atomic E-state index is 0.0946. The van der Waals surface area contributed by atoms with Gasteiger partial charge in [0.25, 0.3) is 0 Å². The van der Waals surface area contributed by atoms with Crippen LogP contribution in [0.15, 0.2) is 18.3 Å². The van der Waals surface area contributed by atoms with Crippen molar-refractivity contribution in [3.8, 4) is 0 Å². The van der Waals surface area contributed by atoms with Gasteiger partial charge in [-0.15, -0.1) is 0 Å². The maximum Gasteiger partial charge on any atom is 0.418 e. The van der Waals surface area contributed by atoms with Crippen molar-refractivity contribution in [3.05, 3.63) is 29.6 Å². The van der Waals surface area contributed by atoms with Crippen molar-refractivity contribution in [2.24, 2.45) is 0 Å². The Balaban J connectivity index is 3.11. The molecular weight excluding hydrogens is 215 g/mol. The van der Waals surface area contributed by atoms with E-state index in [4.69, 9.17) is 0 Å². The Labute approximate surface area is 93.7 Å². The van der Waals surface area contributed by atoms with Crippen molar-refractivity contribution in [1.29, 1.82) is 0 Å². The van der Waals surface area contributed by atoms with Gasteiger partial charge in [-0.3, -0.25) is 4.98 Å². The van der Waals surface area contributed by atoms with Crippen LogP contribution in [-0.2, 0) is 6.18 Å².